The molecule has 6 nitrogen and oxygen atoms in total. The lowest BCUT2D eigenvalue weighted by Crippen LogP contribution is -2.49. The van der Waals surface area contributed by atoms with Gasteiger partial charge in [0, 0.05) is 24.9 Å². The van der Waals surface area contributed by atoms with E-state index in [9.17, 15) is 20.0 Å². The predicted octanol–water partition coefficient (Wildman–Crippen LogP) is 3.21. The van der Waals surface area contributed by atoms with Crippen LogP contribution < -0.4 is 4.90 Å². The molecule has 0 spiro atoms. The van der Waals surface area contributed by atoms with E-state index in [1.54, 1.807) is 12.1 Å². The summed E-state index contributed by atoms with van der Waals surface area (Å²) in [5.41, 5.74) is 0.479. The molecule has 0 amide bonds. The summed E-state index contributed by atoms with van der Waals surface area (Å²) in [6.45, 7) is 0. The van der Waals surface area contributed by atoms with Gasteiger partial charge < -0.3 is 10.0 Å². The number of carboxylic acid groups (broad SMARTS) is 1. The summed E-state index contributed by atoms with van der Waals surface area (Å²) in [6.07, 6.45) is 4.95. The molecule has 1 aliphatic rings. The van der Waals surface area contributed by atoms with Crippen molar-refractivity contribution in [1.29, 1.82) is 0 Å². The number of benzene rings is 1. The van der Waals surface area contributed by atoms with E-state index in [-0.39, 0.29) is 17.6 Å². The van der Waals surface area contributed by atoms with E-state index in [0.717, 1.165) is 37.8 Å². The highest BCUT2D eigenvalue weighted by Crippen LogP contribution is 2.38. The van der Waals surface area contributed by atoms with Crippen LogP contribution in [0.15, 0.2) is 24.3 Å². The maximum Gasteiger partial charge on any atom is 0.305 e. The molecule has 0 saturated heterocycles. The van der Waals surface area contributed by atoms with Crippen LogP contribution in [0.3, 0.4) is 0 Å². The molecule has 114 valence electrons. The van der Waals surface area contributed by atoms with Crippen LogP contribution in [0.1, 0.15) is 38.5 Å². The van der Waals surface area contributed by atoms with Gasteiger partial charge in [-0.15, -0.1) is 0 Å². The highest BCUT2D eigenvalue weighted by molar-refractivity contribution is 5.70. The van der Waals surface area contributed by atoms with E-state index < -0.39 is 10.9 Å². The Hall–Kier alpha value is -2.11. The van der Waals surface area contributed by atoms with Gasteiger partial charge in [-0.1, -0.05) is 19.3 Å². The fraction of sp³-hybridized carbons (Fsp3) is 0.533. The molecular formula is C15H20N2O4. The molecule has 0 atom stereocenters. The van der Waals surface area contributed by atoms with Crippen LogP contribution in [-0.4, -0.2) is 28.6 Å². The fourth-order valence-corrected chi connectivity index (χ4v) is 3.19. The molecule has 1 aliphatic carbocycles. The molecule has 1 aromatic rings. The molecular weight excluding hydrogens is 272 g/mol. The van der Waals surface area contributed by atoms with E-state index in [1.807, 2.05) is 11.9 Å². The first-order valence-electron chi connectivity index (χ1n) is 7.15. The third kappa shape index (κ3) is 3.32. The lowest BCUT2D eigenvalue weighted by molar-refractivity contribution is -0.384. The Balaban J connectivity index is 2.26. The number of rotatable bonds is 5. The second-order valence-corrected chi connectivity index (χ2v) is 5.69. The number of carboxylic acids is 1. The molecule has 1 fully saturated rings. The maximum absolute atomic E-state index is 11.2. The average Bonchev–Trinajstić information content (AvgIpc) is 2.47. The topological polar surface area (TPSA) is 83.7 Å². The van der Waals surface area contributed by atoms with Crippen LogP contribution in [0, 0.1) is 10.1 Å². The number of non-ortho nitro benzene ring substituents is 1. The van der Waals surface area contributed by atoms with Gasteiger partial charge in [0.25, 0.3) is 5.69 Å². The van der Waals surface area contributed by atoms with Crippen LogP contribution in [0.5, 0.6) is 0 Å². The van der Waals surface area contributed by atoms with Crippen molar-refractivity contribution in [3.05, 3.63) is 34.4 Å². The molecule has 1 N–H and O–H groups in total. The van der Waals surface area contributed by atoms with E-state index in [2.05, 4.69) is 0 Å². The van der Waals surface area contributed by atoms with Crippen molar-refractivity contribution in [2.75, 3.05) is 11.9 Å². The molecule has 0 bridgehead atoms. The standard InChI is InChI=1S/C15H20N2O4/c1-16(12-5-7-13(8-6-12)17(20)21)15(11-14(18)19)9-3-2-4-10-15/h5-8H,2-4,9-11H2,1H3,(H,18,19). The van der Waals surface area contributed by atoms with Gasteiger partial charge >= 0.3 is 5.97 Å². The highest BCUT2D eigenvalue weighted by Gasteiger charge is 2.38. The zero-order valence-electron chi connectivity index (χ0n) is 12.1. The summed E-state index contributed by atoms with van der Waals surface area (Å²) in [5.74, 6) is -0.800. The Morgan fingerprint density at radius 3 is 2.33 bits per heavy atom. The third-order valence-corrected chi connectivity index (χ3v) is 4.42. The second-order valence-electron chi connectivity index (χ2n) is 5.69. The van der Waals surface area contributed by atoms with Gasteiger partial charge in [-0.05, 0) is 25.0 Å². The molecule has 0 unspecified atom stereocenters. The Bertz CT molecular complexity index is 521. The Kier molecular flexibility index (Phi) is 4.45. The van der Waals surface area contributed by atoms with E-state index in [0.29, 0.717) is 0 Å². The second kappa shape index (κ2) is 6.11. The Labute approximate surface area is 123 Å². The molecule has 1 saturated carbocycles. The summed E-state index contributed by atoms with van der Waals surface area (Å²) in [6, 6.07) is 6.30. The summed E-state index contributed by atoms with van der Waals surface area (Å²) in [4.78, 5) is 23.5. The van der Waals surface area contributed by atoms with Gasteiger partial charge in [0.05, 0.1) is 16.9 Å². The third-order valence-electron chi connectivity index (χ3n) is 4.42. The van der Waals surface area contributed by atoms with Gasteiger partial charge in [-0.2, -0.15) is 0 Å². The van der Waals surface area contributed by atoms with Crippen LogP contribution in [0.4, 0.5) is 11.4 Å². The minimum absolute atomic E-state index is 0.0445. The van der Waals surface area contributed by atoms with Crippen molar-refractivity contribution in [3.8, 4) is 0 Å². The number of aliphatic carboxylic acids is 1. The van der Waals surface area contributed by atoms with Crippen molar-refractivity contribution in [1.82, 2.24) is 0 Å². The van der Waals surface area contributed by atoms with Gasteiger partial charge in [-0.3, -0.25) is 14.9 Å². The molecule has 0 aromatic heterocycles. The van der Waals surface area contributed by atoms with E-state index >= 15 is 0 Å². The van der Waals surface area contributed by atoms with Crippen molar-refractivity contribution in [2.45, 2.75) is 44.1 Å². The van der Waals surface area contributed by atoms with Crippen LogP contribution in [0.2, 0.25) is 0 Å². The van der Waals surface area contributed by atoms with Crippen molar-refractivity contribution in [2.24, 2.45) is 0 Å². The first kappa shape index (κ1) is 15.3. The molecule has 0 aliphatic heterocycles. The van der Waals surface area contributed by atoms with Gasteiger partial charge in [-0.25, -0.2) is 0 Å². The summed E-state index contributed by atoms with van der Waals surface area (Å²) in [5, 5.41) is 19.9. The largest absolute Gasteiger partial charge is 0.481 e. The number of nitro benzene ring substituents is 1. The van der Waals surface area contributed by atoms with Crippen LogP contribution in [0.25, 0.3) is 0 Å². The van der Waals surface area contributed by atoms with Crippen LogP contribution >= 0.6 is 0 Å². The summed E-state index contributed by atoms with van der Waals surface area (Å²) in [7, 11) is 1.88. The van der Waals surface area contributed by atoms with Gasteiger partial charge in [0.1, 0.15) is 0 Å². The van der Waals surface area contributed by atoms with E-state index in [1.165, 1.54) is 12.1 Å². The normalized spacial score (nSPS) is 17.2. The minimum atomic E-state index is -0.800. The minimum Gasteiger partial charge on any atom is -0.481 e. The molecule has 2 rings (SSSR count). The zero-order valence-corrected chi connectivity index (χ0v) is 12.1. The molecule has 0 radical (unpaired) electrons. The number of carbonyl (C=O) groups is 1. The number of nitro groups is 1. The number of anilines is 1. The summed E-state index contributed by atoms with van der Waals surface area (Å²) < 4.78 is 0. The van der Waals surface area contributed by atoms with Crippen LogP contribution in [-0.2, 0) is 4.79 Å². The zero-order chi connectivity index (χ0) is 15.5. The Morgan fingerprint density at radius 2 is 1.86 bits per heavy atom. The molecule has 0 heterocycles. The monoisotopic (exact) mass is 292 g/mol. The highest BCUT2D eigenvalue weighted by atomic mass is 16.6. The van der Waals surface area contributed by atoms with Crippen molar-refractivity contribution >= 4 is 17.3 Å². The summed E-state index contributed by atoms with van der Waals surface area (Å²) >= 11 is 0. The lowest BCUT2D eigenvalue weighted by Gasteiger charge is -2.45. The predicted molar refractivity (Wildman–Crippen MR) is 79.6 cm³/mol. The first-order chi connectivity index (χ1) is 9.94. The smallest absolute Gasteiger partial charge is 0.305 e. The Morgan fingerprint density at radius 1 is 1.29 bits per heavy atom. The SMILES string of the molecule is CN(c1ccc([N+](=O)[O-])cc1)C1(CC(=O)O)CCCCC1. The van der Waals surface area contributed by atoms with Gasteiger partial charge in [0.2, 0.25) is 0 Å². The molecule has 21 heavy (non-hydrogen) atoms. The number of nitrogens with zero attached hydrogens (tertiary/aromatic N) is 2. The molecule has 6 heteroatoms. The quantitative estimate of drug-likeness (QED) is 0.665. The van der Waals surface area contributed by atoms with Crippen molar-refractivity contribution < 1.29 is 14.8 Å². The number of hydrogen-bond donors (Lipinski definition) is 1. The number of hydrogen-bond acceptors (Lipinski definition) is 4. The maximum atomic E-state index is 11.2. The first-order valence-corrected chi connectivity index (χ1v) is 7.15. The van der Waals surface area contributed by atoms with Crippen molar-refractivity contribution in [3.63, 3.8) is 0 Å². The molecule has 1 aromatic carbocycles. The lowest BCUT2D eigenvalue weighted by atomic mass is 9.78. The average molecular weight is 292 g/mol. The van der Waals surface area contributed by atoms with E-state index in [4.69, 9.17) is 0 Å². The fourth-order valence-electron chi connectivity index (χ4n) is 3.19. The van der Waals surface area contributed by atoms with Gasteiger partial charge in [0.15, 0.2) is 0 Å².